The van der Waals surface area contributed by atoms with E-state index in [2.05, 4.69) is 10.3 Å². The molecule has 0 aromatic carbocycles. The van der Waals surface area contributed by atoms with Crippen molar-refractivity contribution in [3.05, 3.63) is 30.1 Å². The van der Waals surface area contributed by atoms with E-state index in [4.69, 9.17) is 5.73 Å². The summed E-state index contributed by atoms with van der Waals surface area (Å²) in [6.07, 6.45) is 3.51. The summed E-state index contributed by atoms with van der Waals surface area (Å²) in [6.45, 7) is 6.28. The van der Waals surface area contributed by atoms with Crippen LogP contribution in [0.15, 0.2) is 24.5 Å². The van der Waals surface area contributed by atoms with E-state index in [1.54, 1.807) is 12.4 Å². The van der Waals surface area contributed by atoms with Gasteiger partial charge in [-0.15, -0.1) is 0 Å². The number of hydrogen-bond acceptors (Lipinski definition) is 3. The number of primary amides is 1. The van der Waals surface area contributed by atoms with Crippen LogP contribution in [-0.2, 0) is 4.79 Å². The molecule has 0 aliphatic rings. The van der Waals surface area contributed by atoms with Crippen LogP contribution in [0.2, 0.25) is 0 Å². The summed E-state index contributed by atoms with van der Waals surface area (Å²) < 4.78 is 0. The van der Waals surface area contributed by atoms with Crippen LogP contribution < -0.4 is 11.1 Å². The van der Waals surface area contributed by atoms with Gasteiger partial charge in [0.05, 0.1) is 5.41 Å². The van der Waals surface area contributed by atoms with E-state index >= 15 is 0 Å². The number of aromatic nitrogens is 1. The first-order chi connectivity index (χ1) is 7.43. The smallest absolute Gasteiger partial charge is 0.224 e. The summed E-state index contributed by atoms with van der Waals surface area (Å²) in [5.41, 5.74) is 5.93. The van der Waals surface area contributed by atoms with Crippen LogP contribution in [-0.4, -0.2) is 17.4 Å². The summed E-state index contributed by atoms with van der Waals surface area (Å²) in [6, 6.07) is 4.09. The third-order valence-corrected chi connectivity index (χ3v) is 2.72. The molecule has 0 bridgehead atoms. The van der Waals surface area contributed by atoms with E-state index in [1.165, 1.54) is 0 Å². The van der Waals surface area contributed by atoms with E-state index < -0.39 is 5.41 Å². The lowest BCUT2D eigenvalue weighted by Crippen LogP contribution is -2.41. The monoisotopic (exact) mass is 221 g/mol. The number of carbonyl (C=O) groups excluding carboxylic acids is 1. The molecule has 1 aromatic heterocycles. The molecule has 88 valence electrons. The molecule has 0 radical (unpaired) electrons. The molecule has 16 heavy (non-hydrogen) atoms. The van der Waals surface area contributed by atoms with Crippen LogP contribution in [0.5, 0.6) is 0 Å². The van der Waals surface area contributed by atoms with Gasteiger partial charge in [-0.1, -0.05) is 0 Å². The standard InChI is InChI=1S/C12H19N3O/c1-9(10-4-6-14-7-5-10)15-8-12(2,3)11(13)16/h4-7,9,15H,8H2,1-3H3,(H2,13,16). The predicted octanol–water partition coefficient (Wildman–Crippen LogP) is 1.24. The Labute approximate surface area is 96.3 Å². The third kappa shape index (κ3) is 3.31. The fourth-order valence-electron chi connectivity index (χ4n) is 1.27. The number of hydrogen-bond donors (Lipinski definition) is 2. The molecular formula is C12H19N3O. The minimum Gasteiger partial charge on any atom is -0.369 e. The van der Waals surface area contributed by atoms with Crippen molar-refractivity contribution in [2.24, 2.45) is 11.1 Å². The summed E-state index contributed by atoms with van der Waals surface area (Å²) in [5.74, 6) is -0.290. The zero-order chi connectivity index (χ0) is 12.2. The Balaban J connectivity index is 2.54. The lowest BCUT2D eigenvalue weighted by Gasteiger charge is -2.24. The number of nitrogens with one attached hydrogen (secondary N) is 1. The fourth-order valence-corrected chi connectivity index (χ4v) is 1.27. The molecule has 4 heteroatoms. The van der Waals surface area contributed by atoms with Gasteiger partial charge in [-0.25, -0.2) is 0 Å². The van der Waals surface area contributed by atoms with Gasteiger partial charge in [-0.2, -0.15) is 0 Å². The van der Waals surface area contributed by atoms with Gasteiger partial charge in [0, 0.05) is 25.0 Å². The summed E-state index contributed by atoms with van der Waals surface area (Å²) >= 11 is 0. The van der Waals surface area contributed by atoms with Crippen molar-refractivity contribution in [3.63, 3.8) is 0 Å². The average Bonchev–Trinajstić information content (AvgIpc) is 2.27. The Hall–Kier alpha value is -1.42. The van der Waals surface area contributed by atoms with Crippen molar-refractivity contribution in [2.45, 2.75) is 26.8 Å². The molecular weight excluding hydrogens is 202 g/mol. The lowest BCUT2D eigenvalue weighted by molar-refractivity contribution is -0.125. The highest BCUT2D eigenvalue weighted by Gasteiger charge is 2.25. The van der Waals surface area contributed by atoms with Crippen LogP contribution in [0.3, 0.4) is 0 Å². The number of nitrogens with two attached hydrogens (primary N) is 1. The first kappa shape index (κ1) is 12.6. The molecule has 0 spiro atoms. The zero-order valence-electron chi connectivity index (χ0n) is 10.0. The first-order valence-electron chi connectivity index (χ1n) is 5.37. The van der Waals surface area contributed by atoms with Gasteiger partial charge in [0.1, 0.15) is 0 Å². The van der Waals surface area contributed by atoms with Crippen LogP contribution in [0.4, 0.5) is 0 Å². The number of nitrogens with zero attached hydrogens (tertiary/aromatic N) is 1. The topological polar surface area (TPSA) is 68.0 Å². The van der Waals surface area contributed by atoms with Gasteiger partial charge >= 0.3 is 0 Å². The summed E-state index contributed by atoms with van der Waals surface area (Å²) in [7, 11) is 0. The second-order valence-corrected chi connectivity index (χ2v) is 4.63. The second kappa shape index (κ2) is 5.07. The number of rotatable bonds is 5. The van der Waals surface area contributed by atoms with E-state index in [0.29, 0.717) is 6.54 Å². The number of amides is 1. The Morgan fingerprint density at radius 3 is 2.56 bits per heavy atom. The molecule has 0 saturated carbocycles. The Morgan fingerprint density at radius 2 is 2.06 bits per heavy atom. The average molecular weight is 221 g/mol. The van der Waals surface area contributed by atoms with Crippen LogP contribution in [0.1, 0.15) is 32.4 Å². The lowest BCUT2D eigenvalue weighted by atomic mass is 9.92. The summed E-state index contributed by atoms with van der Waals surface area (Å²) in [5, 5.41) is 3.29. The minimum atomic E-state index is -0.526. The third-order valence-electron chi connectivity index (χ3n) is 2.72. The molecule has 4 nitrogen and oxygen atoms in total. The minimum absolute atomic E-state index is 0.182. The SMILES string of the molecule is CC(NCC(C)(C)C(N)=O)c1ccncc1. The van der Waals surface area contributed by atoms with Gasteiger partial charge in [0.2, 0.25) is 5.91 Å². The maximum Gasteiger partial charge on any atom is 0.224 e. The highest BCUT2D eigenvalue weighted by atomic mass is 16.1. The normalized spacial score (nSPS) is 13.4. The second-order valence-electron chi connectivity index (χ2n) is 4.63. The van der Waals surface area contributed by atoms with Gasteiger partial charge in [-0.05, 0) is 38.5 Å². The van der Waals surface area contributed by atoms with Crippen LogP contribution in [0.25, 0.3) is 0 Å². The van der Waals surface area contributed by atoms with Crippen LogP contribution >= 0.6 is 0 Å². The van der Waals surface area contributed by atoms with E-state index in [0.717, 1.165) is 5.56 Å². The molecule has 1 aromatic rings. The number of pyridine rings is 1. The van der Waals surface area contributed by atoms with E-state index in [1.807, 2.05) is 32.9 Å². The Morgan fingerprint density at radius 1 is 1.50 bits per heavy atom. The van der Waals surface area contributed by atoms with Crippen molar-refractivity contribution in [1.82, 2.24) is 10.3 Å². The molecule has 0 saturated heterocycles. The highest BCUT2D eigenvalue weighted by molar-refractivity contribution is 5.80. The van der Waals surface area contributed by atoms with Crippen molar-refractivity contribution in [2.75, 3.05) is 6.54 Å². The molecule has 0 aliphatic heterocycles. The fraction of sp³-hybridized carbons (Fsp3) is 0.500. The molecule has 1 unspecified atom stereocenters. The van der Waals surface area contributed by atoms with Crippen molar-refractivity contribution in [3.8, 4) is 0 Å². The number of carbonyl (C=O) groups is 1. The van der Waals surface area contributed by atoms with E-state index in [9.17, 15) is 4.79 Å². The van der Waals surface area contributed by atoms with Gasteiger partial charge in [0.25, 0.3) is 0 Å². The maximum atomic E-state index is 11.1. The molecule has 0 aliphatic carbocycles. The molecule has 1 heterocycles. The first-order valence-corrected chi connectivity index (χ1v) is 5.37. The van der Waals surface area contributed by atoms with E-state index in [-0.39, 0.29) is 11.9 Å². The van der Waals surface area contributed by atoms with Crippen molar-refractivity contribution in [1.29, 1.82) is 0 Å². The summed E-state index contributed by atoms with van der Waals surface area (Å²) in [4.78, 5) is 15.1. The van der Waals surface area contributed by atoms with Gasteiger partial charge in [0.15, 0.2) is 0 Å². The van der Waals surface area contributed by atoms with Crippen LogP contribution in [0, 0.1) is 5.41 Å². The maximum absolute atomic E-state index is 11.1. The van der Waals surface area contributed by atoms with Gasteiger partial charge in [-0.3, -0.25) is 9.78 Å². The molecule has 1 atom stereocenters. The molecule has 1 amide bonds. The Kier molecular flexibility index (Phi) is 4.01. The molecule has 0 fully saturated rings. The molecule has 3 N–H and O–H groups in total. The van der Waals surface area contributed by atoms with Crippen molar-refractivity contribution >= 4 is 5.91 Å². The zero-order valence-corrected chi connectivity index (χ0v) is 10.0. The molecule has 1 rings (SSSR count). The largest absolute Gasteiger partial charge is 0.369 e. The predicted molar refractivity (Wildman–Crippen MR) is 63.6 cm³/mol. The Bertz CT molecular complexity index is 349. The highest BCUT2D eigenvalue weighted by Crippen LogP contribution is 2.16. The van der Waals surface area contributed by atoms with Gasteiger partial charge < -0.3 is 11.1 Å². The van der Waals surface area contributed by atoms with Crippen molar-refractivity contribution < 1.29 is 4.79 Å². The quantitative estimate of drug-likeness (QED) is 0.786.